The molecule has 0 radical (unpaired) electrons. The lowest BCUT2D eigenvalue weighted by atomic mass is 10.3. The van der Waals surface area contributed by atoms with E-state index >= 15 is 0 Å². The Hall–Kier alpha value is -0.810. The number of unbranched alkanes of at least 4 members (excludes halogenated alkanes) is 1. The van der Waals surface area contributed by atoms with Gasteiger partial charge in [-0.3, -0.25) is 0 Å². The quantitative estimate of drug-likeness (QED) is 0.811. The number of carboxylic acids is 1. The molecule has 84 valence electrons. The molecule has 0 atom stereocenters. The third-order valence-corrected chi connectivity index (χ3v) is 2.51. The molecular weight excluding hydrogens is 262 g/mol. The van der Waals surface area contributed by atoms with E-state index in [4.69, 9.17) is 9.84 Å². The van der Waals surface area contributed by atoms with Crippen molar-refractivity contribution in [1.29, 1.82) is 0 Å². The standard InChI is InChI=1S/C10H14BrNO3/c1-15-5-3-2-4-12-7-8(11)6-9(12)10(13)14/h6-7H,2-5H2,1H3,(H,13,14). The van der Waals surface area contributed by atoms with Gasteiger partial charge in [0.25, 0.3) is 0 Å². The summed E-state index contributed by atoms with van der Waals surface area (Å²) in [5.41, 5.74) is 0.319. The maximum absolute atomic E-state index is 10.9. The van der Waals surface area contributed by atoms with Crippen molar-refractivity contribution in [2.75, 3.05) is 13.7 Å². The Labute approximate surface area is 97.0 Å². The number of nitrogens with zero attached hydrogens (tertiary/aromatic N) is 1. The van der Waals surface area contributed by atoms with Gasteiger partial charge in [0.1, 0.15) is 5.69 Å². The van der Waals surface area contributed by atoms with E-state index in [0.29, 0.717) is 18.8 Å². The predicted molar refractivity (Wildman–Crippen MR) is 60.2 cm³/mol. The monoisotopic (exact) mass is 275 g/mol. The van der Waals surface area contributed by atoms with Crippen LogP contribution < -0.4 is 0 Å². The predicted octanol–water partition coefficient (Wildman–Crippen LogP) is 2.38. The summed E-state index contributed by atoms with van der Waals surface area (Å²) in [5, 5.41) is 8.92. The molecule has 0 aliphatic rings. The fourth-order valence-corrected chi connectivity index (χ4v) is 1.83. The van der Waals surface area contributed by atoms with E-state index in [1.165, 1.54) is 0 Å². The number of hydrogen-bond donors (Lipinski definition) is 1. The smallest absolute Gasteiger partial charge is 0.352 e. The number of hydrogen-bond acceptors (Lipinski definition) is 2. The van der Waals surface area contributed by atoms with Crippen LogP contribution in [0.2, 0.25) is 0 Å². The van der Waals surface area contributed by atoms with Crippen molar-refractivity contribution in [3.05, 3.63) is 22.4 Å². The number of aromatic carboxylic acids is 1. The second kappa shape index (κ2) is 5.92. The van der Waals surface area contributed by atoms with Crippen LogP contribution in [-0.2, 0) is 11.3 Å². The zero-order valence-electron chi connectivity index (χ0n) is 8.57. The fourth-order valence-electron chi connectivity index (χ4n) is 1.37. The molecule has 0 spiro atoms. The Balaban J connectivity index is 2.55. The number of rotatable bonds is 6. The van der Waals surface area contributed by atoms with Crippen molar-refractivity contribution in [3.63, 3.8) is 0 Å². The van der Waals surface area contributed by atoms with Crippen LogP contribution in [0.15, 0.2) is 16.7 Å². The van der Waals surface area contributed by atoms with E-state index in [9.17, 15) is 4.79 Å². The summed E-state index contributed by atoms with van der Waals surface area (Å²) in [5.74, 6) is -0.896. The summed E-state index contributed by atoms with van der Waals surface area (Å²) >= 11 is 3.27. The average Bonchev–Trinajstić information content (AvgIpc) is 2.55. The Morgan fingerprint density at radius 1 is 1.60 bits per heavy atom. The van der Waals surface area contributed by atoms with Gasteiger partial charge >= 0.3 is 5.97 Å². The number of aryl methyl sites for hydroxylation is 1. The molecule has 0 aromatic carbocycles. The van der Waals surface area contributed by atoms with Crippen molar-refractivity contribution < 1.29 is 14.6 Å². The molecule has 0 amide bonds. The minimum absolute atomic E-state index is 0.319. The van der Waals surface area contributed by atoms with Gasteiger partial charge in [-0.1, -0.05) is 0 Å². The summed E-state index contributed by atoms with van der Waals surface area (Å²) in [4.78, 5) is 10.9. The molecule has 4 nitrogen and oxygen atoms in total. The zero-order chi connectivity index (χ0) is 11.3. The summed E-state index contributed by atoms with van der Waals surface area (Å²) in [6, 6.07) is 1.61. The normalized spacial score (nSPS) is 10.5. The van der Waals surface area contributed by atoms with Crippen molar-refractivity contribution in [3.8, 4) is 0 Å². The molecule has 1 aromatic rings. The molecule has 15 heavy (non-hydrogen) atoms. The lowest BCUT2D eigenvalue weighted by molar-refractivity contribution is 0.0684. The lowest BCUT2D eigenvalue weighted by Gasteiger charge is -2.05. The average molecular weight is 276 g/mol. The van der Waals surface area contributed by atoms with E-state index in [0.717, 1.165) is 17.3 Å². The topological polar surface area (TPSA) is 51.5 Å². The van der Waals surface area contributed by atoms with Gasteiger partial charge < -0.3 is 14.4 Å². The van der Waals surface area contributed by atoms with Crippen molar-refractivity contribution in [2.45, 2.75) is 19.4 Å². The molecule has 0 bridgehead atoms. The number of carbonyl (C=O) groups is 1. The molecule has 0 saturated carbocycles. The van der Waals surface area contributed by atoms with Gasteiger partial charge in [0, 0.05) is 30.9 Å². The molecule has 5 heteroatoms. The van der Waals surface area contributed by atoms with Gasteiger partial charge in [0.05, 0.1) is 0 Å². The van der Waals surface area contributed by atoms with E-state index in [2.05, 4.69) is 15.9 Å². The van der Waals surface area contributed by atoms with E-state index in [1.807, 2.05) is 0 Å². The Morgan fingerprint density at radius 3 is 2.93 bits per heavy atom. The molecule has 0 unspecified atom stereocenters. The number of aromatic nitrogens is 1. The van der Waals surface area contributed by atoms with Crippen LogP contribution in [0.5, 0.6) is 0 Å². The second-order valence-electron chi connectivity index (χ2n) is 3.24. The van der Waals surface area contributed by atoms with Crippen LogP contribution >= 0.6 is 15.9 Å². The lowest BCUT2D eigenvalue weighted by Crippen LogP contribution is -2.08. The Bertz CT molecular complexity index is 335. The molecule has 1 heterocycles. The van der Waals surface area contributed by atoms with Crippen molar-refractivity contribution in [1.82, 2.24) is 4.57 Å². The zero-order valence-corrected chi connectivity index (χ0v) is 10.2. The first-order valence-electron chi connectivity index (χ1n) is 4.73. The van der Waals surface area contributed by atoms with Crippen LogP contribution in [0.25, 0.3) is 0 Å². The first kappa shape index (κ1) is 12.3. The largest absolute Gasteiger partial charge is 0.477 e. The first-order valence-corrected chi connectivity index (χ1v) is 5.52. The van der Waals surface area contributed by atoms with Crippen LogP contribution in [0.1, 0.15) is 23.3 Å². The van der Waals surface area contributed by atoms with Gasteiger partial charge in [0.2, 0.25) is 0 Å². The maximum atomic E-state index is 10.9. The minimum atomic E-state index is -0.896. The highest BCUT2D eigenvalue weighted by atomic mass is 79.9. The van der Waals surface area contributed by atoms with Gasteiger partial charge in [-0.05, 0) is 34.8 Å². The van der Waals surface area contributed by atoms with E-state index in [-0.39, 0.29) is 0 Å². The van der Waals surface area contributed by atoms with Gasteiger partial charge in [-0.25, -0.2) is 4.79 Å². The summed E-state index contributed by atoms with van der Waals surface area (Å²) in [7, 11) is 1.66. The molecule has 0 aliphatic carbocycles. The van der Waals surface area contributed by atoms with Crippen LogP contribution in [0, 0.1) is 0 Å². The van der Waals surface area contributed by atoms with Crippen LogP contribution in [0.4, 0.5) is 0 Å². The Kier molecular flexibility index (Phi) is 4.84. The number of carboxylic acid groups (broad SMARTS) is 1. The van der Waals surface area contributed by atoms with Gasteiger partial charge in [-0.15, -0.1) is 0 Å². The van der Waals surface area contributed by atoms with Crippen LogP contribution in [0.3, 0.4) is 0 Å². The maximum Gasteiger partial charge on any atom is 0.352 e. The van der Waals surface area contributed by atoms with Gasteiger partial charge in [-0.2, -0.15) is 0 Å². The third-order valence-electron chi connectivity index (χ3n) is 2.08. The molecule has 1 N–H and O–H groups in total. The second-order valence-corrected chi connectivity index (χ2v) is 4.16. The third kappa shape index (κ3) is 3.68. The molecule has 1 aromatic heterocycles. The fraction of sp³-hybridized carbons (Fsp3) is 0.500. The molecular formula is C10H14BrNO3. The number of ether oxygens (including phenoxy) is 1. The highest BCUT2D eigenvalue weighted by Gasteiger charge is 2.10. The van der Waals surface area contributed by atoms with Gasteiger partial charge in [0.15, 0.2) is 0 Å². The molecule has 0 saturated heterocycles. The minimum Gasteiger partial charge on any atom is -0.477 e. The summed E-state index contributed by atoms with van der Waals surface area (Å²) < 4.78 is 7.46. The number of halogens is 1. The molecule has 0 aliphatic heterocycles. The first-order chi connectivity index (χ1) is 7.15. The van der Waals surface area contributed by atoms with E-state index in [1.54, 1.807) is 23.9 Å². The van der Waals surface area contributed by atoms with E-state index < -0.39 is 5.97 Å². The Morgan fingerprint density at radius 2 is 2.33 bits per heavy atom. The molecule has 1 rings (SSSR count). The van der Waals surface area contributed by atoms with Crippen LogP contribution in [-0.4, -0.2) is 29.4 Å². The highest BCUT2D eigenvalue weighted by molar-refractivity contribution is 9.10. The molecule has 0 fully saturated rings. The summed E-state index contributed by atoms with van der Waals surface area (Å²) in [6.45, 7) is 1.42. The van der Waals surface area contributed by atoms with Crippen molar-refractivity contribution in [2.24, 2.45) is 0 Å². The SMILES string of the molecule is COCCCCn1cc(Br)cc1C(=O)O. The van der Waals surface area contributed by atoms with Crippen molar-refractivity contribution >= 4 is 21.9 Å². The highest BCUT2D eigenvalue weighted by Crippen LogP contribution is 2.15. The summed E-state index contributed by atoms with van der Waals surface area (Å²) in [6.07, 6.45) is 3.64. The number of methoxy groups -OCH3 is 1.